The van der Waals surface area contributed by atoms with Crippen molar-refractivity contribution in [2.75, 3.05) is 38.6 Å². The van der Waals surface area contributed by atoms with Gasteiger partial charge in [-0.25, -0.2) is 4.98 Å². The summed E-state index contributed by atoms with van der Waals surface area (Å²) in [5.41, 5.74) is 0. The van der Waals surface area contributed by atoms with Crippen molar-refractivity contribution in [3.05, 3.63) is 22.8 Å². The third kappa shape index (κ3) is 2.69. The van der Waals surface area contributed by atoms with E-state index in [1.54, 1.807) is 0 Å². The summed E-state index contributed by atoms with van der Waals surface area (Å²) >= 11 is 3.39. The molecule has 0 bridgehead atoms. The highest BCUT2D eigenvalue weighted by Crippen LogP contribution is 2.24. The molecule has 15 heavy (non-hydrogen) atoms. The highest BCUT2D eigenvalue weighted by Gasteiger charge is 2.27. The molecular weight excluding hydrogens is 254 g/mol. The maximum absolute atomic E-state index is 4.44. The van der Waals surface area contributed by atoms with E-state index in [0.717, 1.165) is 29.4 Å². The topological polar surface area (TPSA) is 19.4 Å². The van der Waals surface area contributed by atoms with E-state index in [1.165, 1.54) is 6.54 Å². The first-order valence-electron chi connectivity index (χ1n) is 5.17. The molecule has 0 spiro atoms. The SMILES string of the molecule is CN(C)CC1CN(c2cccc(Br)n2)C1. The molecule has 1 aromatic heterocycles. The summed E-state index contributed by atoms with van der Waals surface area (Å²) in [6, 6.07) is 6.06. The van der Waals surface area contributed by atoms with Gasteiger partial charge in [-0.15, -0.1) is 0 Å². The van der Waals surface area contributed by atoms with Crippen LogP contribution >= 0.6 is 15.9 Å². The summed E-state index contributed by atoms with van der Waals surface area (Å²) in [5, 5.41) is 0. The first-order chi connectivity index (χ1) is 7.15. The van der Waals surface area contributed by atoms with Crippen molar-refractivity contribution in [2.45, 2.75) is 0 Å². The molecule has 0 saturated carbocycles. The average molecular weight is 270 g/mol. The quantitative estimate of drug-likeness (QED) is 0.781. The Morgan fingerprint density at radius 3 is 2.80 bits per heavy atom. The van der Waals surface area contributed by atoms with Crippen LogP contribution in [0.3, 0.4) is 0 Å². The molecule has 1 fully saturated rings. The monoisotopic (exact) mass is 269 g/mol. The number of rotatable bonds is 3. The van der Waals surface area contributed by atoms with Crippen LogP contribution in [0.1, 0.15) is 0 Å². The lowest BCUT2D eigenvalue weighted by Gasteiger charge is -2.41. The Morgan fingerprint density at radius 2 is 2.20 bits per heavy atom. The normalized spacial score (nSPS) is 16.9. The number of aromatic nitrogens is 1. The van der Waals surface area contributed by atoms with Gasteiger partial charge in [-0.05, 0) is 42.2 Å². The second-order valence-electron chi connectivity index (χ2n) is 4.35. The number of pyridine rings is 1. The van der Waals surface area contributed by atoms with E-state index in [-0.39, 0.29) is 0 Å². The molecule has 1 aliphatic rings. The Labute approximate surface area is 99.2 Å². The minimum Gasteiger partial charge on any atom is -0.356 e. The minimum atomic E-state index is 0.792. The third-order valence-corrected chi connectivity index (χ3v) is 3.05. The van der Waals surface area contributed by atoms with Gasteiger partial charge in [0.25, 0.3) is 0 Å². The lowest BCUT2D eigenvalue weighted by molar-refractivity contribution is 0.282. The number of nitrogens with zero attached hydrogens (tertiary/aromatic N) is 3. The van der Waals surface area contributed by atoms with E-state index >= 15 is 0 Å². The van der Waals surface area contributed by atoms with Crippen LogP contribution in [0.2, 0.25) is 0 Å². The van der Waals surface area contributed by atoms with Crippen molar-refractivity contribution in [1.82, 2.24) is 9.88 Å². The number of hydrogen-bond donors (Lipinski definition) is 0. The molecular formula is C11H16BrN3. The molecule has 3 nitrogen and oxygen atoms in total. The first-order valence-corrected chi connectivity index (χ1v) is 5.96. The van der Waals surface area contributed by atoms with Crippen LogP contribution in [0.25, 0.3) is 0 Å². The molecule has 4 heteroatoms. The van der Waals surface area contributed by atoms with Crippen molar-refractivity contribution < 1.29 is 0 Å². The molecule has 0 amide bonds. The van der Waals surface area contributed by atoms with Crippen LogP contribution in [0, 0.1) is 5.92 Å². The van der Waals surface area contributed by atoms with Crippen LogP contribution in [0.4, 0.5) is 5.82 Å². The number of hydrogen-bond acceptors (Lipinski definition) is 3. The fourth-order valence-corrected chi connectivity index (χ4v) is 2.30. The highest BCUT2D eigenvalue weighted by molar-refractivity contribution is 9.10. The molecule has 82 valence electrons. The van der Waals surface area contributed by atoms with Crippen LogP contribution in [-0.4, -0.2) is 43.6 Å². The molecule has 0 aliphatic carbocycles. The molecule has 1 aromatic rings. The van der Waals surface area contributed by atoms with Gasteiger partial charge in [0.05, 0.1) is 0 Å². The van der Waals surface area contributed by atoms with E-state index in [2.05, 4.69) is 50.9 Å². The minimum absolute atomic E-state index is 0.792. The zero-order valence-corrected chi connectivity index (χ0v) is 10.7. The van der Waals surface area contributed by atoms with Crippen molar-refractivity contribution in [2.24, 2.45) is 5.92 Å². The molecule has 1 saturated heterocycles. The van der Waals surface area contributed by atoms with Gasteiger partial charge >= 0.3 is 0 Å². The van der Waals surface area contributed by atoms with Gasteiger partial charge in [-0.2, -0.15) is 0 Å². The molecule has 0 N–H and O–H groups in total. The van der Waals surface area contributed by atoms with E-state index in [9.17, 15) is 0 Å². The number of anilines is 1. The maximum atomic E-state index is 4.44. The summed E-state index contributed by atoms with van der Waals surface area (Å²) in [5.74, 6) is 1.88. The van der Waals surface area contributed by atoms with Crippen LogP contribution in [0.15, 0.2) is 22.8 Å². The van der Waals surface area contributed by atoms with E-state index in [0.29, 0.717) is 0 Å². The largest absolute Gasteiger partial charge is 0.356 e. The van der Waals surface area contributed by atoms with E-state index in [4.69, 9.17) is 0 Å². The smallest absolute Gasteiger partial charge is 0.129 e. The van der Waals surface area contributed by atoms with Crippen molar-refractivity contribution in [1.29, 1.82) is 0 Å². The summed E-state index contributed by atoms with van der Waals surface area (Å²) in [6.07, 6.45) is 0. The Hall–Kier alpha value is -0.610. The zero-order valence-electron chi connectivity index (χ0n) is 9.15. The summed E-state index contributed by atoms with van der Waals surface area (Å²) in [7, 11) is 4.25. The fraction of sp³-hybridized carbons (Fsp3) is 0.545. The van der Waals surface area contributed by atoms with Gasteiger partial charge in [0.1, 0.15) is 10.4 Å². The van der Waals surface area contributed by atoms with Crippen molar-refractivity contribution >= 4 is 21.7 Å². The first kappa shape index (κ1) is 10.9. The standard InChI is InChI=1S/C11H16BrN3/c1-14(2)6-9-7-15(8-9)11-5-3-4-10(12)13-11/h3-5,9H,6-8H2,1-2H3. The molecule has 0 atom stereocenters. The third-order valence-electron chi connectivity index (χ3n) is 2.60. The van der Waals surface area contributed by atoms with Gasteiger partial charge < -0.3 is 9.80 Å². The molecule has 2 rings (SSSR count). The van der Waals surface area contributed by atoms with E-state index in [1.807, 2.05) is 12.1 Å². The molecule has 0 unspecified atom stereocenters. The predicted octanol–water partition coefficient (Wildman–Crippen LogP) is 1.84. The lowest BCUT2D eigenvalue weighted by atomic mass is 10.00. The second kappa shape index (κ2) is 4.49. The lowest BCUT2D eigenvalue weighted by Crippen LogP contribution is -2.50. The van der Waals surface area contributed by atoms with Crippen LogP contribution in [-0.2, 0) is 0 Å². The van der Waals surface area contributed by atoms with Gasteiger partial charge in [-0.3, -0.25) is 0 Å². The Bertz CT molecular complexity index is 334. The van der Waals surface area contributed by atoms with Gasteiger partial charge in [0.2, 0.25) is 0 Å². The Morgan fingerprint density at radius 1 is 1.47 bits per heavy atom. The van der Waals surface area contributed by atoms with Gasteiger partial charge in [0.15, 0.2) is 0 Å². The Balaban J connectivity index is 1.89. The predicted molar refractivity (Wildman–Crippen MR) is 66.2 cm³/mol. The molecule has 0 radical (unpaired) electrons. The molecule has 2 heterocycles. The average Bonchev–Trinajstić information content (AvgIpc) is 2.10. The van der Waals surface area contributed by atoms with Gasteiger partial charge in [0, 0.05) is 25.6 Å². The highest BCUT2D eigenvalue weighted by atomic mass is 79.9. The maximum Gasteiger partial charge on any atom is 0.129 e. The molecule has 1 aliphatic heterocycles. The van der Waals surface area contributed by atoms with Crippen LogP contribution in [0.5, 0.6) is 0 Å². The fourth-order valence-electron chi connectivity index (χ4n) is 1.96. The van der Waals surface area contributed by atoms with Gasteiger partial charge in [-0.1, -0.05) is 6.07 Å². The zero-order chi connectivity index (χ0) is 10.8. The number of halogens is 1. The summed E-state index contributed by atoms with van der Waals surface area (Å²) in [6.45, 7) is 3.42. The van der Waals surface area contributed by atoms with Crippen molar-refractivity contribution in [3.8, 4) is 0 Å². The summed E-state index contributed by atoms with van der Waals surface area (Å²) in [4.78, 5) is 9.00. The van der Waals surface area contributed by atoms with E-state index < -0.39 is 0 Å². The Kier molecular flexibility index (Phi) is 3.26. The second-order valence-corrected chi connectivity index (χ2v) is 5.16. The molecule has 0 aromatic carbocycles. The van der Waals surface area contributed by atoms with Crippen LogP contribution < -0.4 is 4.90 Å². The van der Waals surface area contributed by atoms with Crippen molar-refractivity contribution in [3.63, 3.8) is 0 Å². The summed E-state index contributed by atoms with van der Waals surface area (Å²) < 4.78 is 0.913.